The molecule has 3 aromatic heterocycles. The third-order valence-corrected chi connectivity index (χ3v) is 5.19. The van der Waals surface area contributed by atoms with Crippen LogP contribution in [0.1, 0.15) is 0 Å². The topological polar surface area (TPSA) is 61.5 Å². The van der Waals surface area contributed by atoms with Crippen LogP contribution in [0, 0.1) is 0 Å². The monoisotopic (exact) mass is 394 g/mol. The molecule has 0 unspecified atom stereocenters. The van der Waals surface area contributed by atoms with E-state index < -0.39 is 0 Å². The summed E-state index contributed by atoms with van der Waals surface area (Å²) in [6.07, 6.45) is 5.43. The molecule has 3 heterocycles. The Morgan fingerprint density at radius 3 is 2.78 bits per heavy atom. The second-order valence-electron chi connectivity index (χ2n) is 5.63. The first-order valence-corrected chi connectivity index (χ1v) is 9.22. The van der Waals surface area contributed by atoms with Gasteiger partial charge in [-0.3, -0.25) is 4.98 Å². The minimum Gasteiger partial charge on any atom is -0.494 e. The van der Waals surface area contributed by atoms with Crippen LogP contribution in [0.5, 0.6) is 17.2 Å². The number of isothiocyanates is 1. The van der Waals surface area contributed by atoms with Crippen molar-refractivity contribution in [3.63, 3.8) is 0 Å². The van der Waals surface area contributed by atoms with Gasteiger partial charge < -0.3 is 14.0 Å². The Balaban J connectivity index is 1.73. The van der Waals surface area contributed by atoms with Crippen LogP contribution in [0.15, 0.2) is 53.9 Å². The van der Waals surface area contributed by atoms with Gasteiger partial charge in [-0.2, -0.15) is 4.99 Å². The number of thiophene rings is 1. The van der Waals surface area contributed by atoms with Crippen LogP contribution < -0.4 is 9.47 Å². The van der Waals surface area contributed by atoms with Crippen molar-refractivity contribution in [1.82, 2.24) is 14.5 Å². The molecule has 1 aromatic carbocycles. The maximum absolute atomic E-state index is 6.10. The first-order chi connectivity index (χ1) is 13.2. The van der Waals surface area contributed by atoms with Crippen molar-refractivity contribution in [2.75, 3.05) is 7.11 Å². The Morgan fingerprint density at radius 1 is 1.15 bits per heavy atom. The van der Waals surface area contributed by atoms with Crippen molar-refractivity contribution in [3.05, 3.63) is 48.9 Å². The number of benzene rings is 1. The number of thiocarbonyl (C=S) groups is 1. The molecule has 0 radical (unpaired) electrons. The van der Waals surface area contributed by atoms with Gasteiger partial charge in [0.1, 0.15) is 28.8 Å². The van der Waals surface area contributed by atoms with E-state index in [9.17, 15) is 0 Å². The lowest BCUT2D eigenvalue weighted by molar-refractivity contribution is 0.411. The minimum atomic E-state index is 0.565. The lowest BCUT2D eigenvalue weighted by atomic mass is 10.2. The molecule has 0 aliphatic heterocycles. The van der Waals surface area contributed by atoms with Crippen LogP contribution in [0.2, 0.25) is 0 Å². The van der Waals surface area contributed by atoms with Crippen LogP contribution in [-0.2, 0) is 7.05 Å². The third kappa shape index (κ3) is 3.33. The Morgan fingerprint density at radius 2 is 2.04 bits per heavy atom. The van der Waals surface area contributed by atoms with E-state index in [4.69, 9.17) is 9.47 Å². The molecule has 0 fully saturated rings. The van der Waals surface area contributed by atoms with Gasteiger partial charge in [-0.25, -0.2) is 4.98 Å². The Kier molecular flexibility index (Phi) is 4.68. The van der Waals surface area contributed by atoms with Gasteiger partial charge in [0.05, 0.1) is 27.4 Å². The van der Waals surface area contributed by atoms with Crippen LogP contribution in [0.3, 0.4) is 0 Å². The van der Waals surface area contributed by atoms with Crippen LogP contribution >= 0.6 is 23.6 Å². The standard InChI is InChI=1S/C19H14N4O2S2/c1-23-8-7-21-19(23)17-10-14-18(27-17)15(5-6-20-14)25-12-3-4-13(22-11-26)16(9-12)24-2/h3-10H,1-2H3. The summed E-state index contributed by atoms with van der Waals surface area (Å²) in [5.41, 5.74) is 1.47. The SMILES string of the molecule is COc1cc(Oc2ccnc3cc(-c4nccn4C)sc23)ccc1N=C=S. The van der Waals surface area contributed by atoms with Gasteiger partial charge >= 0.3 is 0 Å². The van der Waals surface area contributed by atoms with Gasteiger partial charge in [-0.05, 0) is 30.4 Å². The summed E-state index contributed by atoms with van der Waals surface area (Å²) >= 11 is 6.25. The Hall–Kier alpha value is -3.06. The second kappa shape index (κ2) is 7.28. The fourth-order valence-corrected chi connectivity index (χ4v) is 3.90. The number of hydrogen-bond donors (Lipinski definition) is 0. The zero-order valence-corrected chi connectivity index (χ0v) is 16.2. The first-order valence-electron chi connectivity index (χ1n) is 7.99. The van der Waals surface area contributed by atoms with Crippen LogP contribution in [0.4, 0.5) is 5.69 Å². The van der Waals surface area contributed by atoms with E-state index >= 15 is 0 Å². The molecule has 0 atom stereocenters. The van der Waals surface area contributed by atoms with Crippen molar-refractivity contribution in [3.8, 4) is 28.0 Å². The molecule has 8 heteroatoms. The smallest absolute Gasteiger partial charge is 0.149 e. The zero-order chi connectivity index (χ0) is 18.8. The quantitative estimate of drug-likeness (QED) is 0.342. The van der Waals surface area contributed by atoms with Crippen molar-refractivity contribution >= 4 is 44.6 Å². The van der Waals surface area contributed by atoms with Crippen LogP contribution in [0.25, 0.3) is 20.9 Å². The highest BCUT2D eigenvalue weighted by Gasteiger charge is 2.14. The fraction of sp³-hybridized carbons (Fsp3) is 0.105. The molecule has 0 amide bonds. The van der Waals surface area contributed by atoms with Crippen molar-refractivity contribution in [1.29, 1.82) is 0 Å². The number of ether oxygens (including phenoxy) is 2. The maximum Gasteiger partial charge on any atom is 0.149 e. The molecule has 0 N–H and O–H groups in total. The number of pyridine rings is 1. The number of aromatic nitrogens is 3. The van der Waals surface area contributed by atoms with Crippen molar-refractivity contribution < 1.29 is 9.47 Å². The summed E-state index contributed by atoms with van der Waals surface area (Å²) in [7, 11) is 3.54. The van der Waals surface area contributed by atoms with Crippen molar-refractivity contribution in [2.45, 2.75) is 0 Å². The minimum absolute atomic E-state index is 0.565. The number of fused-ring (bicyclic) bond motifs is 1. The van der Waals surface area contributed by atoms with Crippen molar-refractivity contribution in [2.24, 2.45) is 12.0 Å². The maximum atomic E-state index is 6.10. The van der Waals surface area contributed by atoms with Gasteiger partial charge in [0.2, 0.25) is 0 Å². The highest BCUT2D eigenvalue weighted by molar-refractivity contribution is 7.78. The summed E-state index contributed by atoms with van der Waals surface area (Å²) in [5, 5.41) is 2.35. The molecule has 27 heavy (non-hydrogen) atoms. The highest BCUT2D eigenvalue weighted by atomic mass is 32.1. The largest absolute Gasteiger partial charge is 0.494 e. The van der Waals surface area contributed by atoms with E-state index in [1.165, 1.54) is 0 Å². The summed E-state index contributed by atoms with van der Waals surface area (Å²) in [6, 6.07) is 9.22. The molecule has 0 aliphatic carbocycles. The summed E-state index contributed by atoms with van der Waals surface area (Å²) in [5.74, 6) is 2.82. The molecule has 6 nitrogen and oxygen atoms in total. The van der Waals surface area contributed by atoms with E-state index in [2.05, 4.69) is 32.3 Å². The van der Waals surface area contributed by atoms with Gasteiger partial charge in [0.25, 0.3) is 0 Å². The molecule has 4 rings (SSSR count). The molecular formula is C19H14N4O2S2. The van der Waals surface area contributed by atoms with E-state index in [-0.39, 0.29) is 0 Å². The van der Waals surface area contributed by atoms with Gasteiger partial charge in [0, 0.05) is 37.8 Å². The zero-order valence-electron chi connectivity index (χ0n) is 14.5. The van der Waals surface area contributed by atoms with E-state index in [0.717, 1.165) is 26.7 Å². The van der Waals surface area contributed by atoms with E-state index in [1.807, 2.05) is 36.0 Å². The van der Waals surface area contributed by atoms with E-state index in [1.54, 1.807) is 43.0 Å². The number of aryl methyl sites for hydroxylation is 1. The number of hydrogen-bond acceptors (Lipinski definition) is 7. The molecule has 0 bridgehead atoms. The fourth-order valence-electron chi connectivity index (χ4n) is 2.70. The van der Waals surface area contributed by atoms with E-state index in [0.29, 0.717) is 17.2 Å². The number of methoxy groups -OCH3 is 1. The Bertz CT molecular complexity index is 1180. The number of aliphatic imine (C=N–C) groups is 1. The lowest BCUT2D eigenvalue weighted by Gasteiger charge is -2.09. The average molecular weight is 394 g/mol. The number of imidazole rings is 1. The molecule has 0 aliphatic rings. The predicted molar refractivity (Wildman–Crippen MR) is 110 cm³/mol. The van der Waals surface area contributed by atoms with Crippen LogP contribution in [-0.4, -0.2) is 26.8 Å². The Labute approximate surface area is 164 Å². The van der Waals surface area contributed by atoms with Gasteiger partial charge in [-0.15, -0.1) is 11.3 Å². The molecule has 134 valence electrons. The normalized spacial score (nSPS) is 10.6. The number of nitrogens with zero attached hydrogens (tertiary/aromatic N) is 4. The first kappa shape index (κ1) is 17.4. The highest BCUT2D eigenvalue weighted by Crippen LogP contribution is 2.40. The third-order valence-electron chi connectivity index (χ3n) is 3.96. The summed E-state index contributed by atoms with van der Waals surface area (Å²) in [6.45, 7) is 0. The summed E-state index contributed by atoms with van der Waals surface area (Å²) in [4.78, 5) is 13.9. The molecule has 0 spiro atoms. The molecule has 0 saturated heterocycles. The second-order valence-corrected chi connectivity index (χ2v) is 6.87. The number of rotatable bonds is 5. The molecule has 4 aromatic rings. The molecular weight excluding hydrogens is 380 g/mol. The van der Waals surface area contributed by atoms with Gasteiger partial charge in [-0.1, -0.05) is 0 Å². The van der Waals surface area contributed by atoms with Gasteiger partial charge in [0.15, 0.2) is 0 Å². The molecule has 0 saturated carbocycles. The lowest BCUT2D eigenvalue weighted by Crippen LogP contribution is -1.88. The summed E-state index contributed by atoms with van der Waals surface area (Å²) < 4.78 is 14.4. The average Bonchev–Trinajstić information content (AvgIpc) is 3.29. The predicted octanol–water partition coefficient (Wildman–Crippen LogP) is 5.23.